The Kier molecular flexibility index (Phi) is 7.75. The number of aromatic nitrogens is 2. The smallest absolute Gasteiger partial charge is 0.326 e. The zero-order valence-electron chi connectivity index (χ0n) is 19.8. The first-order valence-electron chi connectivity index (χ1n) is 11.6. The van der Waals surface area contributed by atoms with Gasteiger partial charge in [0.15, 0.2) is 11.6 Å². The largest absolute Gasteiger partial charge is 0.480 e. The number of amides is 1. The molecule has 0 fully saturated rings. The number of ketones is 2. The third kappa shape index (κ3) is 6.28. The Morgan fingerprint density at radius 3 is 1.73 bits per heavy atom. The van der Waals surface area contributed by atoms with E-state index in [1.54, 1.807) is 6.20 Å². The number of carboxylic acid groups (broad SMARTS) is 1. The third-order valence-electron chi connectivity index (χ3n) is 5.99. The van der Waals surface area contributed by atoms with Crippen molar-refractivity contribution in [3.63, 3.8) is 0 Å². The number of aromatic amines is 2. The van der Waals surface area contributed by atoms with Gasteiger partial charge in [0.25, 0.3) is 0 Å². The van der Waals surface area contributed by atoms with Crippen LogP contribution in [0.25, 0.3) is 21.8 Å². The summed E-state index contributed by atoms with van der Waals surface area (Å²) >= 11 is 0. The number of allylic oxidation sites excluding steroid dienone is 4. The summed E-state index contributed by atoms with van der Waals surface area (Å²) in [6.07, 6.45) is 9.10. The quantitative estimate of drug-likeness (QED) is 0.246. The molecule has 1 aliphatic rings. The molecular weight excluding hydrogens is 472 g/mol. The van der Waals surface area contributed by atoms with Crippen LogP contribution in [0.15, 0.2) is 85.2 Å². The molecule has 0 bridgehead atoms. The van der Waals surface area contributed by atoms with Crippen LogP contribution in [0.4, 0.5) is 0 Å². The molecule has 1 amide bonds. The fourth-order valence-electron chi connectivity index (χ4n) is 4.07. The molecule has 5 rings (SSSR count). The van der Waals surface area contributed by atoms with Crippen LogP contribution in [-0.4, -0.2) is 50.6 Å². The Balaban J connectivity index is 0.000000342. The predicted molar refractivity (Wildman–Crippen MR) is 140 cm³/mol. The maximum absolute atomic E-state index is 12.6. The average Bonchev–Trinajstić information content (AvgIpc) is 3.50. The molecule has 2 aromatic carbocycles. The summed E-state index contributed by atoms with van der Waals surface area (Å²) < 4.78 is 0. The van der Waals surface area contributed by atoms with Gasteiger partial charge in [0.05, 0.1) is 6.04 Å². The highest BCUT2D eigenvalue weighted by Gasteiger charge is 2.25. The Morgan fingerprint density at radius 2 is 1.24 bits per heavy atom. The van der Waals surface area contributed by atoms with Gasteiger partial charge in [-0.1, -0.05) is 36.4 Å². The lowest BCUT2D eigenvalue weighted by molar-refractivity contribution is -0.142. The summed E-state index contributed by atoms with van der Waals surface area (Å²) in [6, 6.07) is 13.5. The number of H-pyrrole nitrogens is 2. The molecule has 1 aliphatic carbocycles. The van der Waals surface area contributed by atoms with E-state index in [-0.39, 0.29) is 18.0 Å². The van der Waals surface area contributed by atoms with Crippen LogP contribution in [0, 0.1) is 0 Å². The normalized spacial score (nSPS) is 14.3. The number of nitrogens with one attached hydrogen (secondary N) is 3. The van der Waals surface area contributed by atoms with Crippen molar-refractivity contribution in [3.8, 4) is 0 Å². The lowest BCUT2D eigenvalue weighted by Crippen LogP contribution is -2.50. The van der Waals surface area contributed by atoms with Crippen LogP contribution < -0.4 is 11.1 Å². The number of carboxylic acids is 1. The number of hydrogen-bond donors (Lipinski definition) is 5. The van der Waals surface area contributed by atoms with Gasteiger partial charge in [-0.3, -0.25) is 14.4 Å². The first-order chi connectivity index (χ1) is 17.8. The Bertz CT molecular complexity index is 1490. The Morgan fingerprint density at radius 1 is 0.784 bits per heavy atom. The Hall–Kier alpha value is -4.76. The molecule has 188 valence electrons. The van der Waals surface area contributed by atoms with Gasteiger partial charge >= 0.3 is 5.97 Å². The molecule has 2 heterocycles. The molecule has 0 saturated carbocycles. The molecular formula is C28H26N4O5. The van der Waals surface area contributed by atoms with E-state index in [1.807, 2.05) is 54.7 Å². The maximum atomic E-state index is 12.6. The van der Waals surface area contributed by atoms with Crippen molar-refractivity contribution >= 4 is 45.2 Å². The van der Waals surface area contributed by atoms with Gasteiger partial charge in [0, 0.05) is 40.6 Å². The van der Waals surface area contributed by atoms with Crippen LogP contribution in [0.2, 0.25) is 0 Å². The number of benzene rings is 2. The second-order valence-corrected chi connectivity index (χ2v) is 8.60. The fraction of sp³-hybridized carbons (Fsp3) is 0.143. The first kappa shape index (κ1) is 25.3. The molecule has 0 aliphatic heterocycles. The monoisotopic (exact) mass is 498 g/mol. The SMILES string of the molecule is N[C@@H](Cc1c[nH]c2ccccc12)C(=O)N[C@@H](Cc1c[nH]c2ccccc12)C(=O)O.O=C1C=CC(=O)C=C1. The zero-order chi connectivity index (χ0) is 26.4. The molecule has 9 heteroatoms. The molecule has 2 aromatic heterocycles. The van der Waals surface area contributed by atoms with Gasteiger partial charge in [-0.2, -0.15) is 0 Å². The van der Waals surface area contributed by atoms with E-state index in [4.69, 9.17) is 5.73 Å². The summed E-state index contributed by atoms with van der Waals surface area (Å²) in [5.74, 6) is -1.82. The topological polar surface area (TPSA) is 158 Å². The highest BCUT2D eigenvalue weighted by atomic mass is 16.4. The number of rotatable bonds is 7. The van der Waals surface area contributed by atoms with Crippen molar-refractivity contribution in [2.24, 2.45) is 5.73 Å². The number of fused-ring (bicyclic) bond motifs is 2. The number of carbonyl (C=O) groups excluding carboxylic acids is 3. The number of nitrogens with two attached hydrogens (primary N) is 1. The maximum Gasteiger partial charge on any atom is 0.326 e. The standard InChI is InChI=1S/C22H22N4O3.C6H4O2/c23-17(9-13-11-24-18-7-3-1-5-15(13)18)21(27)26-20(22(28)29)10-14-12-25-19-8-4-2-6-16(14)19;7-5-1-2-6(8)4-3-5/h1-8,11-12,17,20,24-25H,9-10,23H2,(H,26,27)(H,28,29);1-4H/t17-,20-;/m0./s1. The van der Waals surface area contributed by atoms with E-state index in [0.29, 0.717) is 6.42 Å². The highest BCUT2D eigenvalue weighted by Crippen LogP contribution is 2.20. The van der Waals surface area contributed by atoms with Gasteiger partial charge in [-0.25, -0.2) is 4.79 Å². The minimum atomic E-state index is -1.09. The van der Waals surface area contributed by atoms with Crippen molar-refractivity contribution in [2.75, 3.05) is 0 Å². The van der Waals surface area contributed by atoms with Crippen molar-refractivity contribution < 1.29 is 24.3 Å². The van der Waals surface area contributed by atoms with Crippen molar-refractivity contribution in [2.45, 2.75) is 24.9 Å². The molecule has 0 spiro atoms. The van der Waals surface area contributed by atoms with Crippen LogP contribution in [0.1, 0.15) is 11.1 Å². The van der Waals surface area contributed by atoms with E-state index in [0.717, 1.165) is 32.9 Å². The van der Waals surface area contributed by atoms with Gasteiger partial charge in [0.1, 0.15) is 6.04 Å². The number of carbonyl (C=O) groups is 4. The van der Waals surface area contributed by atoms with E-state index in [9.17, 15) is 24.3 Å². The highest BCUT2D eigenvalue weighted by molar-refractivity contribution is 6.14. The molecule has 0 radical (unpaired) electrons. The van der Waals surface area contributed by atoms with Crippen LogP contribution in [0.5, 0.6) is 0 Å². The molecule has 37 heavy (non-hydrogen) atoms. The lowest BCUT2D eigenvalue weighted by Gasteiger charge is -2.17. The second-order valence-electron chi connectivity index (χ2n) is 8.60. The summed E-state index contributed by atoms with van der Waals surface area (Å²) in [5.41, 5.74) is 9.74. The molecule has 0 saturated heterocycles. The summed E-state index contributed by atoms with van der Waals surface area (Å²) in [6.45, 7) is 0. The zero-order valence-corrected chi connectivity index (χ0v) is 19.8. The minimum absolute atomic E-state index is 0.121. The van der Waals surface area contributed by atoms with E-state index in [2.05, 4.69) is 15.3 Å². The van der Waals surface area contributed by atoms with Gasteiger partial charge in [0.2, 0.25) is 5.91 Å². The van der Waals surface area contributed by atoms with Crippen LogP contribution >= 0.6 is 0 Å². The van der Waals surface area contributed by atoms with E-state index < -0.39 is 24.0 Å². The van der Waals surface area contributed by atoms with Crippen molar-refractivity contribution in [1.82, 2.24) is 15.3 Å². The molecule has 4 aromatic rings. The summed E-state index contributed by atoms with van der Waals surface area (Å²) in [4.78, 5) is 51.2. The Labute approximate surface area is 212 Å². The minimum Gasteiger partial charge on any atom is -0.480 e. The molecule has 6 N–H and O–H groups in total. The van der Waals surface area contributed by atoms with Gasteiger partial charge < -0.3 is 26.1 Å². The van der Waals surface area contributed by atoms with Gasteiger partial charge in [-0.15, -0.1) is 0 Å². The van der Waals surface area contributed by atoms with Crippen LogP contribution in [-0.2, 0) is 32.0 Å². The lowest BCUT2D eigenvalue weighted by atomic mass is 10.0. The van der Waals surface area contributed by atoms with E-state index >= 15 is 0 Å². The van der Waals surface area contributed by atoms with Crippen LogP contribution in [0.3, 0.4) is 0 Å². The third-order valence-corrected chi connectivity index (χ3v) is 5.99. The molecule has 0 unspecified atom stereocenters. The fourth-order valence-corrected chi connectivity index (χ4v) is 4.07. The summed E-state index contributed by atoms with van der Waals surface area (Å²) in [5, 5.41) is 14.1. The molecule has 9 nitrogen and oxygen atoms in total. The predicted octanol–water partition coefficient (Wildman–Crippen LogP) is 2.58. The number of hydrogen-bond acceptors (Lipinski definition) is 5. The van der Waals surface area contributed by atoms with Crippen molar-refractivity contribution in [1.29, 1.82) is 0 Å². The van der Waals surface area contributed by atoms with Gasteiger partial charge in [-0.05, 0) is 54.0 Å². The number of para-hydroxylation sites is 2. The average molecular weight is 499 g/mol. The second kappa shape index (κ2) is 11.3. The molecule has 2 atom stereocenters. The van der Waals surface area contributed by atoms with E-state index in [1.165, 1.54) is 24.3 Å². The first-order valence-corrected chi connectivity index (χ1v) is 11.6. The number of aliphatic carboxylic acids is 1. The summed E-state index contributed by atoms with van der Waals surface area (Å²) in [7, 11) is 0. The van der Waals surface area contributed by atoms with Crippen molar-refractivity contribution in [3.05, 3.63) is 96.4 Å².